The molecule has 214 valence electrons. The van der Waals surface area contributed by atoms with Crippen LogP contribution in [0.4, 0.5) is 0 Å². The van der Waals surface area contributed by atoms with Gasteiger partial charge in [-0.2, -0.15) is 9.78 Å². The quantitative estimate of drug-likeness (QED) is 0.238. The summed E-state index contributed by atoms with van der Waals surface area (Å²) >= 11 is 0. The van der Waals surface area contributed by atoms with Crippen molar-refractivity contribution in [2.75, 3.05) is 0 Å². The van der Waals surface area contributed by atoms with Crippen molar-refractivity contribution in [3.8, 4) is 11.3 Å². The molecule has 1 aliphatic carbocycles. The lowest BCUT2D eigenvalue weighted by atomic mass is 9.75. The summed E-state index contributed by atoms with van der Waals surface area (Å²) in [5, 5.41) is 5.03. The van der Waals surface area contributed by atoms with Crippen molar-refractivity contribution < 1.29 is 13.2 Å². The molecule has 7 heteroatoms. The second-order valence-electron chi connectivity index (χ2n) is 11.7. The normalized spacial score (nSPS) is 18.6. The second kappa shape index (κ2) is 11.7. The monoisotopic (exact) mass is 569 g/mol. The van der Waals surface area contributed by atoms with E-state index in [1.165, 1.54) is 0 Å². The van der Waals surface area contributed by atoms with E-state index in [-0.39, 0.29) is 22.6 Å². The summed E-state index contributed by atoms with van der Waals surface area (Å²) in [6, 6.07) is 25.2. The maximum Gasteiger partial charge on any atom is 0.252 e. The Kier molecular flexibility index (Phi) is 8.30. The first-order valence-corrected chi connectivity index (χ1v) is 15.9. The number of aromatic nitrogens is 2. The number of carbonyl (C=O) groups excluding carboxylic acids is 1. The summed E-state index contributed by atoms with van der Waals surface area (Å²) in [5.41, 5.74) is 5.58. The second-order valence-corrected chi connectivity index (χ2v) is 13.4. The molecule has 1 aromatic heterocycles. The number of nitrogens with zero attached hydrogens (tertiary/aromatic N) is 2. The van der Waals surface area contributed by atoms with Gasteiger partial charge in [0.05, 0.1) is 28.2 Å². The molecule has 1 N–H and O–H groups in total. The van der Waals surface area contributed by atoms with Gasteiger partial charge in [0.15, 0.2) is 0 Å². The Morgan fingerprint density at radius 1 is 0.902 bits per heavy atom. The molecule has 41 heavy (non-hydrogen) atoms. The predicted molar refractivity (Wildman–Crippen MR) is 163 cm³/mol. The van der Waals surface area contributed by atoms with Crippen molar-refractivity contribution in [1.29, 1.82) is 0 Å². The first kappa shape index (κ1) is 29.0. The average Bonchev–Trinajstić information content (AvgIpc) is 3.38. The molecular weight excluding hydrogens is 530 g/mol. The Labute approximate surface area is 243 Å². The van der Waals surface area contributed by atoms with Gasteiger partial charge in [0.1, 0.15) is 0 Å². The van der Waals surface area contributed by atoms with E-state index in [1.807, 2.05) is 67.6 Å². The van der Waals surface area contributed by atoms with Gasteiger partial charge < -0.3 is 0 Å². The van der Waals surface area contributed by atoms with E-state index in [2.05, 4.69) is 25.5 Å². The summed E-state index contributed by atoms with van der Waals surface area (Å²) in [7, 11) is -3.91. The molecule has 1 aliphatic rings. The van der Waals surface area contributed by atoms with Crippen molar-refractivity contribution >= 4 is 15.9 Å². The molecule has 0 unspecified atom stereocenters. The summed E-state index contributed by atoms with van der Waals surface area (Å²) in [6.07, 6.45) is 2.07. The molecule has 3 aromatic carbocycles. The molecule has 6 nitrogen and oxygen atoms in total. The molecule has 0 bridgehead atoms. The number of rotatable bonds is 8. The minimum Gasteiger partial charge on any atom is -0.272 e. The highest BCUT2D eigenvalue weighted by Gasteiger charge is 2.38. The van der Waals surface area contributed by atoms with Crippen LogP contribution in [0.1, 0.15) is 85.6 Å². The molecule has 0 radical (unpaired) electrons. The zero-order valence-electron chi connectivity index (χ0n) is 24.4. The number of fused-ring (bicyclic) bond motifs is 1. The van der Waals surface area contributed by atoms with Crippen LogP contribution in [0.25, 0.3) is 11.3 Å². The molecule has 5 rings (SSSR count). The van der Waals surface area contributed by atoms with Gasteiger partial charge in [0.2, 0.25) is 10.0 Å². The molecule has 4 atom stereocenters. The molecule has 1 heterocycles. The molecular formula is C34H39N3O3S. The van der Waals surface area contributed by atoms with Gasteiger partial charge in [-0.3, -0.25) is 4.79 Å². The standard InChI is InChI=1S/C34H39N3O3S/c1-22(2)29-21-18-24(4)30-32(29)35-37(33(30)27-14-10-7-11-15-27)34(38)25(5)31(26-12-8-6-9-13-26)36-41(39,40)28-19-16-23(3)17-20-28/h6-17,19-20,22,24-25,29,31,36H,18,21H2,1-5H3/t24-,25+,29+,31-/m1/s1. The van der Waals surface area contributed by atoms with E-state index in [9.17, 15) is 13.2 Å². The summed E-state index contributed by atoms with van der Waals surface area (Å²) in [5.74, 6) is -0.0724. The number of nitrogens with one attached hydrogen (secondary N) is 1. The van der Waals surface area contributed by atoms with Gasteiger partial charge in [0.25, 0.3) is 5.91 Å². The van der Waals surface area contributed by atoms with Crippen LogP contribution in [0.3, 0.4) is 0 Å². The van der Waals surface area contributed by atoms with E-state index in [0.29, 0.717) is 5.92 Å². The summed E-state index contributed by atoms with van der Waals surface area (Å²) < 4.78 is 31.5. The lowest BCUT2D eigenvalue weighted by Crippen LogP contribution is -2.37. The molecule has 0 aliphatic heterocycles. The topological polar surface area (TPSA) is 81.1 Å². The zero-order valence-corrected chi connectivity index (χ0v) is 25.2. The molecule has 0 amide bonds. The number of sulfonamides is 1. The Morgan fingerprint density at radius 2 is 1.51 bits per heavy atom. The molecule has 4 aromatic rings. The van der Waals surface area contributed by atoms with Crippen LogP contribution < -0.4 is 4.72 Å². The predicted octanol–water partition coefficient (Wildman–Crippen LogP) is 7.49. The Hall–Kier alpha value is -3.55. The fourth-order valence-electron chi connectivity index (χ4n) is 6.01. The average molecular weight is 570 g/mol. The van der Waals surface area contributed by atoms with Gasteiger partial charge in [-0.05, 0) is 49.3 Å². The fraction of sp³-hybridized carbons (Fsp3) is 0.353. The van der Waals surface area contributed by atoms with Crippen LogP contribution in [0.15, 0.2) is 89.8 Å². The van der Waals surface area contributed by atoms with Crippen molar-refractivity contribution in [2.45, 2.75) is 70.2 Å². The van der Waals surface area contributed by atoms with E-state index >= 15 is 0 Å². The number of hydrogen-bond acceptors (Lipinski definition) is 4. The highest BCUT2D eigenvalue weighted by atomic mass is 32.2. The molecule has 0 saturated heterocycles. The Morgan fingerprint density at radius 3 is 2.12 bits per heavy atom. The highest BCUT2D eigenvalue weighted by Crippen LogP contribution is 2.46. The summed E-state index contributed by atoms with van der Waals surface area (Å²) in [4.78, 5) is 14.7. The zero-order chi connectivity index (χ0) is 29.3. The van der Waals surface area contributed by atoms with Crippen LogP contribution in [0, 0.1) is 18.8 Å². The van der Waals surface area contributed by atoms with Crippen molar-refractivity contribution in [2.24, 2.45) is 11.8 Å². The van der Waals surface area contributed by atoms with E-state index in [1.54, 1.807) is 35.9 Å². The Balaban J connectivity index is 1.61. The highest BCUT2D eigenvalue weighted by molar-refractivity contribution is 7.89. The van der Waals surface area contributed by atoms with Crippen molar-refractivity contribution in [3.63, 3.8) is 0 Å². The van der Waals surface area contributed by atoms with Crippen molar-refractivity contribution in [3.05, 3.63) is 107 Å². The van der Waals surface area contributed by atoms with Crippen LogP contribution in [-0.2, 0) is 10.0 Å². The van der Waals surface area contributed by atoms with Crippen LogP contribution >= 0.6 is 0 Å². The van der Waals surface area contributed by atoms with Crippen LogP contribution in [0.5, 0.6) is 0 Å². The molecule has 0 spiro atoms. The first-order valence-electron chi connectivity index (χ1n) is 14.4. The summed E-state index contributed by atoms with van der Waals surface area (Å²) in [6.45, 7) is 10.3. The largest absolute Gasteiger partial charge is 0.272 e. The number of aryl methyl sites for hydroxylation is 1. The van der Waals surface area contributed by atoms with Crippen molar-refractivity contribution in [1.82, 2.24) is 14.5 Å². The molecule has 0 fully saturated rings. The number of carbonyl (C=O) groups is 1. The van der Waals surface area contributed by atoms with E-state index in [4.69, 9.17) is 5.10 Å². The number of hydrogen-bond donors (Lipinski definition) is 1. The minimum atomic E-state index is -3.91. The van der Waals surface area contributed by atoms with Gasteiger partial charge in [-0.15, -0.1) is 0 Å². The van der Waals surface area contributed by atoms with Crippen LogP contribution in [-0.4, -0.2) is 24.1 Å². The minimum absolute atomic E-state index is 0.164. The van der Waals surface area contributed by atoms with Gasteiger partial charge >= 0.3 is 0 Å². The SMILES string of the molecule is Cc1ccc(S(=O)(=O)N[C@@H](c2ccccc2)[C@H](C)C(=O)n2nc3c(c2-c2ccccc2)[C@H](C)CC[C@H]3C(C)C)cc1. The van der Waals surface area contributed by atoms with E-state index < -0.39 is 22.0 Å². The lowest BCUT2D eigenvalue weighted by Gasteiger charge is -2.29. The smallest absolute Gasteiger partial charge is 0.252 e. The van der Waals surface area contributed by atoms with Crippen LogP contribution in [0.2, 0.25) is 0 Å². The maximum atomic E-state index is 14.5. The van der Waals surface area contributed by atoms with Gasteiger partial charge in [0, 0.05) is 17.0 Å². The Bertz CT molecular complexity index is 1610. The van der Waals surface area contributed by atoms with Gasteiger partial charge in [-0.25, -0.2) is 13.1 Å². The maximum absolute atomic E-state index is 14.5. The third-order valence-electron chi connectivity index (χ3n) is 8.43. The third kappa shape index (κ3) is 5.79. The lowest BCUT2D eigenvalue weighted by molar-refractivity contribution is 0.0806. The fourth-order valence-corrected chi connectivity index (χ4v) is 7.31. The third-order valence-corrected chi connectivity index (χ3v) is 9.88. The van der Waals surface area contributed by atoms with Gasteiger partial charge in [-0.1, -0.05) is 106 Å². The molecule has 0 saturated carbocycles. The number of benzene rings is 3. The van der Waals surface area contributed by atoms with E-state index in [0.717, 1.165) is 46.5 Å². The first-order chi connectivity index (χ1) is 19.6.